The van der Waals surface area contributed by atoms with E-state index in [1.165, 1.54) is 11.1 Å². The van der Waals surface area contributed by atoms with Gasteiger partial charge in [0.2, 0.25) is 0 Å². The molecule has 1 saturated heterocycles. The number of aryl methyl sites for hydroxylation is 1. The minimum Gasteiger partial charge on any atom is -0.465 e. The molecular formula is C17H21NO3. The van der Waals surface area contributed by atoms with E-state index in [-0.39, 0.29) is 17.3 Å². The maximum Gasteiger partial charge on any atom is 0.317 e. The Hall–Kier alpha value is -1.68. The zero-order chi connectivity index (χ0) is 15.0. The van der Waals surface area contributed by atoms with Crippen LogP contribution in [0.25, 0.3) is 0 Å². The zero-order valence-corrected chi connectivity index (χ0v) is 12.6. The summed E-state index contributed by atoms with van der Waals surface area (Å²) in [7, 11) is 2.01. The first-order valence-corrected chi connectivity index (χ1v) is 7.57. The SMILES string of the molecule is CCOC(=O)C1CN(C)C2(CCc3ccccc32)CC1=O. The van der Waals surface area contributed by atoms with E-state index in [4.69, 9.17) is 4.74 Å². The van der Waals surface area contributed by atoms with E-state index < -0.39 is 5.92 Å². The van der Waals surface area contributed by atoms with E-state index in [1.54, 1.807) is 6.92 Å². The molecule has 4 heteroatoms. The van der Waals surface area contributed by atoms with Crippen molar-refractivity contribution in [3.8, 4) is 0 Å². The van der Waals surface area contributed by atoms with Crippen molar-refractivity contribution in [3.63, 3.8) is 0 Å². The molecule has 0 radical (unpaired) electrons. The van der Waals surface area contributed by atoms with Crippen LogP contribution in [-0.2, 0) is 26.3 Å². The molecule has 0 saturated carbocycles. The van der Waals surface area contributed by atoms with Crippen molar-refractivity contribution in [2.45, 2.75) is 31.7 Å². The van der Waals surface area contributed by atoms with Crippen LogP contribution in [-0.4, -0.2) is 36.9 Å². The van der Waals surface area contributed by atoms with Crippen molar-refractivity contribution < 1.29 is 14.3 Å². The molecule has 1 aliphatic carbocycles. The lowest BCUT2D eigenvalue weighted by molar-refractivity contribution is -0.156. The van der Waals surface area contributed by atoms with Gasteiger partial charge in [-0.1, -0.05) is 24.3 Å². The summed E-state index contributed by atoms with van der Waals surface area (Å²) in [6.07, 6.45) is 2.35. The quantitative estimate of drug-likeness (QED) is 0.616. The van der Waals surface area contributed by atoms with Crippen LogP contribution in [0.5, 0.6) is 0 Å². The highest BCUT2D eigenvalue weighted by molar-refractivity contribution is 6.00. The Balaban J connectivity index is 1.89. The molecule has 1 aromatic rings. The van der Waals surface area contributed by atoms with Crippen LogP contribution in [0, 0.1) is 5.92 Å². The zero-order valence-electron chi connectivity index (χ0n) is 12.6. The maximum atomic E-state index is 12.5. The molecule has 1 fully saturated rings. The van der Waals surface area contributed by atoms with E-state index in [9.17, 15) is 9.59 Å². The van der Waals surface area contributed by atoms with Crippen LogP contribution in [0.1, 0.15) is 30.9 Å². The molecule has 21 heavy (non-hydrogen) atoms. The van der Waals surface area contributed by atoms with Crippen LogP contribution in [0.3, 0.4) is 0 Å². The number of esters is 1. The number of nitrogens with zero attached hydrogens (tertiary/aromatic N) is 1. The number of rotatable bonds is 2. The summed E-state index contributed by atoms with van der Waals surface area (Å²) in [6.45, 7) is 2.54. The Morgan fingerprint density at radius 1 is 1.43 bits per heavy atom. The standard InChI is InChI=1S/C17H21NO3/c1-3-21-16(20)13-11-18(2)17(10-15(13)19)9-8-12-6-4-5-7-14(12)17/h4-7,13H,3,8-11H2,1-2H3. The lowest BCUT2D eigenvalue weighted by Gasteiger charge is -2.44. The number of hydrogen-bond donors (Lipinski definition) is 0. The van der Waals surface area contributed by atoms with Crippen molar-refractivity contribution in [2.75, 3.05) is 20.2 Å². The first kappa shape index (κ1) is 14.3. The predicted molar refractivity (Wildman–Crippen MR) is 78.8 cm³/mol. The Kier molecular flexibility index (Phi) is 3.57. The van der Waals surface area contributed by atoms with Crippen molar-refractivity contribution in [2.24, 2.45) is 5.92 Å². The molecule has 0 amide bonds. The number of benzene rings is 1. The molecular weight excluding hydrogens is 266 g/mol. The number of ketones is 1. The number of piperidine rings is 1. The summed E-state index contributed by atoms with van der Waals surface area (Å²) in [5, 5.41) is 0. The number of ether oxygens (including phenoxy) is 1. The second-order valence-corrected chi connectivity index (χ2v) is 6.02. The fourth-order valence-corrected chi connectivity index (χ4v) is 3.79. The van der Waals surface area contributed by atoms with E-state index >= 15 is 0 Å². The second-order valence-electron chi connectivity index (χ2n) is 6.02. The lowest BCUT2D eigenvalue weighted by Crippen LogP contribution is -2.54. The molecule has 1 heterocycles. The Bertz CT molecular complexity index is 583. The van der Waals surface area contributed by atoms with Gasteiger partial charge in [0.25, 0.3) is 0 Å². The van der Waals surface area contributed by atoms with Gasteiger partial charge >= 0.3 is 5.97 Å². The number of Topliss-reactive ketones (excluding diaryl/α,β-unsaturated/α-hetero) is 1. The first-order chi connectivity index (χ1) is 10.1. The number of likely N-dealkylation sites (tertiary alicyclic amines) is 1. The molecule has 2 unspecified atom stereocenters. The second kappa shape index (κ2) is 5.26. The molecule has 0 bridgehead atoms. The van der Waals surface area contributed by atoms with Crippen LogP contribution < -0.4 is 0 Å². The van der Waals surface area contributed by atoms with E-state index in [1.807, 2.05) is 19.2 Å². The third kappa shape index (κ3) is 2.18. The molecule has 1 aliphatic heterocycles. The highest BCUT2D eigenvalue weighted by atomic mass is 16.5. The Labute approximate surface area is 125 Å². The third-order valence-corrected chi connectivity index (χ3v) is 4.94. The highest BCUT2D eigenvalue weighted by Crippen LogP contribution is 2.46. The van der Waals surface area contributed by atoms with Crippen LogP contribution in [0.15, 0.2) is 24.3 Å². The minimum atomic E-state index is -0.631. The van der Waals surface area contributed by atoms with Crippen LogP contribution >= 0.6 is 0 Å². The van der Waals surface area contributed by atoms with Crippen molar-refractivity contribution in [1.82, 2.24) is 4.90 Å². The van der Waals surface area contributed by atoms with Crippen LogP contribution in [0.4, 0.5) is 0 Å². The largest absolute Gasteiger partial charge is 0.465 e. The first-order valence-electron chi connectivity index (χ1n) is 7.57. The van der Waals surface area contributed by atoms with Gasteiger partial charge in [0.05, 0.1) is 12.1 Å². The van der Waals surface area contributed by atoms with Gasteiger partial charge in [0.15, 0.2) is 5.78 Å². The van der Waals surface area contributed by atoms with Crippen molar-refractivity contribution in [3.05, 3.63) is 35.4 Å². The summed E-state index contributed by atoms with van der Waals surface area (Å²) < 4.78 is 5.03. The normalized spacial score (nSPS) is 28.7. The predicted octanol–water partition coefficient (Wildman–Crippen LogP) is 1.91. The maximum absolute atomic E-state index is 12.5. The molecule has 0 aromatic heterocycles. The number of carbonyl (C=O) groups is 2. The number of carbonyl (C=O) groups excluding carboxylic acids is 2. The van der Waals surface area contributed by atoms with Gasteiger partial charge in [-0.25, -0.2) is 0 Å². The smallest absolute Gasteiger partial charge is 0.317 e. The van der Waals surface area contributed by atoms with Gasteiger partial charge in [-0.05, 0) is 37.9 Å². The van der Waals surface area contributed by atoms with Gasteiger partial charge in [0, 0.05) is 13.0 Å². The molecule has 4 nitrogen and oxygen atoms in total. The monoisotopic (exact) mass is 287 g/mol. The fourth-order valence-electron chi connectivity index (χ4n) is 3.79. The van der Waals surface area contributed by atoms with E-state index in [0.717, 1.165) is 12.8 Å². The highest BCUT2D eigenvalue weighted by Gasteiger charge is 2.50. The summed E-state index contributed by atoms with van der Waals surface area (Å²) in [6, 6.07) is 8.34. The molecule has 3 rings (SSSR count). The average Bonchev–Trinajstić information content (AvgIpc) is 2.83. The van der Waals surface area contributed by atoms with E-state index in [2.05, 4.69) is 17.0 Å². The molecule has 1 spiro atoms. The van der Waals surface area contributed by atoms with E-state index in [0.29, 0.717) is 19.6 Å². The number of hydrogen-bond acceptors (Lipinski definition) is 4. The number of fused-ring (bicyclic) bond motifs is 2. The summed E-state index contributed by atoms with van der Waals surface area (Å²) >= 11 is 0. The van der Waals surface area contributed by atoms with Gasteiger partial charge in [-0.15, -0.1) is 0 Å². The average molecular weight is 287 g/mol. The minimum absolute atomic E-state index is 0.0169. The molecule has 2 atom stereocenters. The molecule has 0 N–H and O–H groups in total. The molecule has 112 valence electrons. The topological polar surface area (TPSA) is 46.6 Å². The van der Waals surface area contributed by atoms with Crippen LogP contribution in [0.2, 0.25) is 0 Å². The van der Waals surface area contributed by atoms with Gasteiger partial charge in [-0.2, -0.15) is 0 Å². The van der Waals surface area contributed by atoms with Crippen molar-refractivity contribution in [1.29, 1.82) is 0 Å². The third-order valence-electron chi connectivity index (χ3n) is 4.94. The Morgan fingerprint density at radius 2 is 2.19 bits per heavy atom. The van der Waals surface area contributed by atoms with Gasteiger partial charge < -0.3 is 4.74 Å². The summed E-state index contributed by atoms with van der Waals surface area (Å²) in [5.74, 6) is -0.993. The summed E-state index contributed by atoms with van der Waals surface area (Å²) in [5.41, 5.74) is 2.35. The summed E-state index contributed by atoms with van der Waals surface area (Å²) in [4.78, 5) is 26.6. The van der Waals surface area contributed by atoms with Gasteiger partial charge in [0.1, 0.15) is 5.92 Å². The molecule has 2 aliphatic rings. The fraction of sp³-hybridized carbons (Fsp3) is 0.529. The Morgan fingerprint density at radius 3 is 2.95 bits per heavy atom. The molecule has 1 aromatic carbocycles. The lowest BCUT2D eigenvalue weighted by atomic mass is 9.78. The van der Waals surface area contributed by atoms with Crippen molar-refractivity contribution >= 4 is 11.8 Å². The van der Waals surface area contributed by atoms with Gasteiger partial charge in [-0.3, -0.25) is 14.5 Å².